The van der Waals surface area contributed by atoms with Crippen LogP contribution in [0.4, 0.5) is 17.1 Å². The highest BCUT2D eigenvalue weighted by atomic mass is 32.1. The van der Waals surface area contributed by atoms with Crippen LogP contribution in [0.2, 0.25) is 0 Å². The normalized spacial score (nSPS) is 11.5. The highest BCUT2D eigenvalue weighted by Crippen LogP contribution is 2.46. The van der Waals surface area contributed by atoms with E-state index < -0.39 is 0 Å². The monoisotopic (exact) mass is 679 g/mol. The van der Waals surface area contributed by atoms with Gasteiger partial charge < -0.3 is 4.90 Å². The van der Waals surface area contributed by atoms with Crippen LogP contribution in [0.3, 0.4) is 0 Å². The van der Waals surface area contributed by atoms with Gasteiger partial charge in [-0.1, -0.05) is 140 Å². The number of thiophene rings is 1. The lowest BCUT2D eigenvalue weighted by molar-refractivity contribution is 1.31. The van der Waals surface area contributed by atoms with E-state index in [0.717, 1.165) is 11.4 Å². The smallest absolute Gasteiger partial charge is 0.0554 e. The van der Waals surface area contributed by atoms with E-state index in [4.69, 9.17) is 0 Å². The number of benzene rings is 9. The predicted molar refractivity (Wildman–Crippen MR) is 225 cm³/mol. The minimum Gasteiger partial charge on any atom is -0.310 e. The molecule has 2 heteroatoms. The van der Waals surface area contributed by atoms with Gasteiger partial charge in [-0.05, 0) is 116 Å². The van der Waals surface area contributed by atoms with Crippen molar-refractivity contribution < 1.29 is 0 Å². The average molecular weight is 680 g/mol. The molecule has 1 nitrogen and oxygen atoms in total. The van der Waals surface area contributed by atoms with Gasteiger partial charge in [0.05, 0.1) is 5.69 Å². The quantitative estimate of drug-likeness (QED) is 0.169. The van der Waals surface area contributed by atoms with E-state index in [1.54, 1.807) is 0 Å². The van der Waals surface area contributed by atoms with Gasteiger partial charge in [-0.3, -0.25) is 0 Å². The lowest BCUT2D eigenvalue weighted by atomic mass is 9.96. The summed E-state index contributed by atoms with van der Waals surface area (Å²) in [6.45, 7) is 0. The number of rotatable bonds is 6. The van der Waals surface area contributed by atoms with Crippen molar-refractivity contribution in [3.05, 3.63) is 200 Å². The van der Waals surface area contributed by atoms with Crippen molar-refractivity contribution in [2.24, 2.45) is 0 Å². The molecule has 0 amide bonds. The lowest BCUT2D eigenvalue weighted by Gasteiger charge is -2.27. The first-order chi connectivity index (χ1) is 25.7. The van der Waals surface area contributed by atoms with Gasteiger partial charge in [0.25, 0.3) is 0 Å². The molecule has 0 atom stereocenters. The molecular formula is C50H33NS. The topological polar surface area (TPSA) is 3.24 Å². The molecule has 0 unspecified atom stereocenters. The van der Waals surface area contributed by atoms with Crippen molar-refractivity contribution in [2.45, 2.75) is 0 Å². The van der Waals surface area contributed by atoms with Crippen molar-refractivity contribution in [1.82, 2.24) is 0 Å². The third-order valence-electron chi connectivity index (χ3n) is 10.2. The molecule has 0 spiro atoms. The summed E-state index contributed by atoms with van der Waals surface area (Å²) in [5.74, 6) is 0. The van der Waals surface area contributed by atoms with Gasteiger partial charge >= 0.3 is 0 Å². The van der Waals surface area contributed by atoms with E-state index in [1.807, 2.05) is 11.3 Å². The zero-order valence-corrected chi connectivity index (χ0v) is 29.2. The molecule has 0 bridgehead atoms. The molecule has 0 aliphatic rings. The molecule has 1 aromatic heterocycles. The predicted octanol–water partition coefficient (Wildman–Crippen LogP) is 14.8. The second kappa shape index (κ2) is 12.7. The summed E-state index contributed by atoms with van der Waals surface area (Å²) >= 11 is 1.86. The van der Waals surface area contributed by atoms with Crippen LogP contribution in [-0.2, 0) is 0 Å². The van der Waals surface area contributed by atoms with Crippen molar-refractivity contribution in [1.29, 1.82) is 0 Å². The maximum Gasteiger partial charge on any atom is 0.0554 e. The molecule has 0 fully saturated rings. The first kappa shape index (κ1) is 30.4. The van der Waals surface area contributed by atoms with Gasteiger partial charge in [-0.25, -0.2) is 0 Å². The molecule has 0 N–H and O–H groups in total. The number of hydrogen-bond donors (Lipinski definition) is 0. The highest BCUT2D eigenvalue weighted by molar-refractivity contribution is 7.26. The summed E-state index contributed by atoms with van der Waals surface area (Å²) in [6.07, 6.45) is 0. The molecule has 0 aliphatic carbocycles. The zero-order chi connectivity index (χ0) is 34.4. The number of hydrogen-bond acceptors (Lipinski definition) is 2. The SMILES string of the molecule is c1ccc(-c2cccc(N(c3ccc4ccc(-c5ccc6cc(-c7ccccc7)ccc6c5)cc4c3)c3cccc4sc5ccccc5c34)c2)cc1. The summed E-state index contributed by atoms with van der Waals surface area (Å²) in [5, 5.41) is 7.49. The average Bonchev–Trinajstić information content (AvgIpc) is 3.61. The Morgan fingerprint density at radius 3 is 1.56 bits per heavy atom. The Kier molecular flexibility index (Phi) is 7.41. The summed E-state index contributed by atoms with van der Waals surface area (Å²) < 4.78 is 2.59. The minimum atomic E-state index is 1.13. The molecule has 52 heavy (non-hydrogen) atoms. The molecule has 0 aliphatic heterocycles. The number of fused-ring (bicyclic) bond motifs is 5. The van der Waals surface area contributed by atoms with Crippen LogP contribution in [0, 0.1) is 0 Å². The van der Waals surface area contributed by atoms with Crippen molar-refractivity contribution in [2.75, 3.05) is 4.90 Å². The van der Waals surface area contributed by atoms with Crippen LogP contribution in [0.25, 0.3) is 75.1 Å². The highest BCUT2D eigenvalue weighted by Gasteiger charge is 2.19. The Hall–Kier alpha value is -6.48. The largest absolute Gasteiger partial charge is 0.310 e. The molecular weight excluding hydrogens is 647 g/mol. The first-order valence-electron chi connectivity index (χ1n) is 17.7. The summed E-state index contributed by atoms with van der Waals surface area (Å²) in [4.78, 5) is 2.44. The van der Waals surface area contributed by atoms with Gasteiger partial charge in [0.1, 0.15) is 0 Å². The fourth-order valence-corrected chi connectivity index (χ4v) is 8.74. The van der Waals surface area contributed by atoms with Gasteiger partial charge in [-0.15, -0.1) is 11.3 Å². The van der Waals surface area contributed by atoms with E-state index >= 15 is 0 Å². The molecule has 0 radical (unpaired) electrons. The lowest BCUT2D eigenvalue weighted by Crippen LogP contribution is -2.10. The second-order valence-corrected chi connectivity index (χ2v) is 14.5. The van der Waals surface area contributed by atoms with Gasteiger partial charge in [0.15, 0.2) is 0 Å². The first-order valence-corrected chi connectivity index (χ1v) is 18.6. The fourth-order valence-electron chi connectivity index (χ4n) is 7.61. The summed E-state index contributed by atoms with van der Waals surface area (Å²) in [6, 6.07) is 73.0. The van der Waals surface area contributed by atoms with Gasteiger partial charge in [0, 0.05) is 31.5 Å². The van der Waals surface area contributed by atoms with E-state index in [2.05, 4.69) is 205 Å². The van der Waals surface area contributed by atoms with E-state index in [1.165, 1.54) is 80.8 Å². The summed E-state index contributed by atoms with van der Waals surface area (Å²) in [5.41, 5.74) is 10.7. The Morgan fingerprint density at radius 2 is 0.827 bits per heavy atom. The van der Waals surface area contributed by atoms with Crippen LogP contribution >= 0.6 is 11.3 Å². The molecule has 10 rings (SSSR count). The van der Waals surface area contributed by atoms with Crippen molar-refractivity contribution >= 4 is 70.1 Å². The Bertz CT molecular complexity index is 2910. The van der Waals surface area contributed by atoms with Gasteiger partial charge in [0.2, 0.25) is 0 Å². The molecule has 1 heterocycles. The zero-order valence-electron chi connectivity index (χ0n) is 28.4. The Balaban J connectivity index is 1.11. The summed E-state index contributed by atoms with van der Waals surface area (Å²) in [7, 11) is 0. The van der Waals surface area contributed by atoms with Crippen molar-refractivity contribution in [3.8, 4) is 33.4 Å². The Morgan fingerprint density at radius 1 is 0.308 bits per heavy atom. The molecule has 244 valence electrons. The maximum atomic E-state index is 2.44. The van der Waals surface area contributed by atoms with E-state index in [9.17, 15) is 0 Å². The Labute approximate surface area is 307 Å². The standard InChI is InChI=1S/C50H33NS/c1-3-11-34(12-4-1)37-15-9-16-44(32-37)51(47-18-10-20-49-50(47)46-17-7-8-19-48(46)52-49)45-28-27-36-21-22-42(31-43(36)33-45)41-26-25-39-29-38(23-24-40(39)30-41)35-13-5-2-6-14-35/h1-33H. The molecule has 0 saturated heterocycles. The van der Waals surface area contributed by atoms with Crippen LogP contribution in [0.15, 0.2) is 200 Å². The molecule has 10 aromatic rings. The fraction of sp³-hybridized carbons (Fsp3) is 0. The second-order valence-electron chi connectivity index (χ2n) is 13.4. The minimum absolute atomic E-state index is 1.13. The number of nitrogens with zero attached hydrogens (tertiary/aromatic N) is 1. The van der Waals surface area contributed by atoms with E-state index in [0.29, 0.717) is 0 Å². The molecule has 9 aromatic carbocycles. The molecule has 0 saturated carbocycles. The van der Waals surface area contributed by atoms with Crippen LogP contribution < -0.4 is 4.90 Å². The van der Waals surface area contributed by atoms with Crippen LogP contribution in [0.1, 0.15) is 0 Å². The number of anilines is 3. The van der Waals surface area contributed by atoms with Crippen LogP contribution in [-0.4, -0.2) is 0 Å². The van der Waals surface area contributed by atoms with Gasteiger partial charge in [-0.2, -0.15) is 0 Å². The van der Waals surface area contributed by atoms with Crippen LogP contribution in [0.5, 0.6) is 0 Å². The van der Waals surface area contributed by atoms with E-state index in [-0.39, 0.29) is 0 Å². The van der Waals surface area contributed by atoms with Crippen molar-refractivity contribution in [3.63, 3.8) is 0 Å². The maximum absolute atomic E-state index is 2.44. The third kappa shape index (κ3) is 5.42. The third-order valence-corrected chi connectivity index (χ3v) is 11.3.